The van der Waals surface area contributed by atoms with Crippen molar-refractivity contribution in [1.82, 2.24) is 4.98 Å². The fraction of sp³-hybridized carbons (Fsp3) is 0.0678. The first kappa shape index (κ1) is 38.0. The number of hydrogen-bond donors (Lipinski definition) is 0. The van der Waals surface area contributed by atoms with Gasteiger partial charge >= 0.3 is 0 Å². The standard InChI is InChI=1S/C59H45N3O/c1-40-18-7-4-12-25-48-49-34-31-43(37-52(49)59(2,3)53(48)38-56(40)61(44-21-8-5-9-22-44)46-32-30-41-19-13-14-20-42(41)36-46)54-35-33-47(39-60-54)62(45-23-10-6-11-24-45)55-28-17-27-51-50-26-15-16-29-57(50)63-58(51)55/h4-24,26-39H,1,25H2,2-3H3/b12-4-,18-7-,56-38?. The van der Waals surface area contributed by atoms with Crippen molar-refractivity contribution in [3.05, 3.63) is 247 Å². The molecule has 0 amide bonds. The second-order valence-electron chi connectivity index (χ2n) is 16.9. The number of hydrogen-bond acceptors (Lipinski definition) is 4. The van der Waals surface area contributed by atoms with Crippen LogP contribution < -0.4 is 9.80 Å². The third kappa shape index (κ3) is 6.68. The Bertz CT molecular complexity index is 3350. The number of allylic oxidation sites excluding steroid dienone is 7. The zero-order valence-electron chi connectivity index (χ0n) is 35.4. The second-order valence-corrected chi connectivity index (χ2v) is 16.9. The minimum Gasteiger partial charge on any atom is -0.454 e. The molecule has 0 saturated carbocycles. The summed E-state index contributed by atoms with van der Waals surface area (Å²) in [5.41, 5.74) is 15.6. The fourth-order valence-corrected chi connectivity index (χ4v) is 9.52. The van der Waals surface area contributed by atoms with E-state index in [2.05, 4.69) is 218 Å². The first-order valence-corrected chi connectivity index (χ1v) is 21.6. The molecule has 0 spiro atoms. The van der Waals surface area contributed by atoms with Gasteiger partial charge in [0.25, 0.3) is 0 Å². The van der Waals surface area contributed by atoms with E-state index in [1.165, 1.54) is 33.0 Å². The van der Waals surface area contributed by atoms with E-state index in [9.17, 15) is 0 Å². The Labute approximate surface area is 368 Å². The molecule has 0 unspecified atom stereocenters. The molecular weight excluding hydrogens is 767 g/mol. The van der Waals surface area contributed by atoms with Gasteiger partial charge in [-0.3, -0.25) is 4.98 Å². The van der Waals surface area contributed by atoms with Gasteiger partial charge in [0.05, 0.1) is 29.0 Å². The molecule has 0 N–H and O–H groups in total. The summed E-state index contributed by atoms with van der Waals surface area (Å²) >= 11 is 0. The number of aromatic nitrogens is 1. The van der Waals surface area contributed by atoms with Gasteiger partial charge in [-0.05, 0) is 118 Å². The molecule has 11 rings (SSSR count). The van der Waals surface area contributed by atoms with Gasteiger partial charge < -0.3 is 14.2 Å². The van der Waals surface area contributed by atoms with Gasteiger partial charge in [-0.2, -0.15) is 0 Å². The molecule has 4 heteroatoms. The summed E-state index contributed by atoms with van der Waals surface area (Å²) in [6.45, 7) is 9.40. The predicted octanol–water partition coefficient (Wildman–Crippen LogP) is 16.1. The molecule has 4 nitrogen and oxygen atoms in total. The van der Waals surface area contributed by atoms with E-state index in [-0.39, 0.29) is 5.41 Å². The third-order valence-electron chi connectivity index (χ3n) is 12.7. The fourth-order valence-electron chi connectivity index (χ4n) is 9.52. The smallest absolute Gasteiger partial charge is 0.159 e. The van der Waals surface area contributed by atoms with Crippen LogP contribution >= 0.6 is 0 Å². The maximum atomic E-state index is 6.53. The molecule has 0 aliphatic heterocycles. The monoisotopic (exact) mass is 811 g/mol. The van der Waals surface area contributed by atoms with Crippen LogP contribution in [-0.2, 0) is 5.41 Å². The van der Waals surface area contributed by atoms with E-state index in [1.807, 2.05) is 24.4 Å². The Hall–Kier alpha value is -7.95. The highest BCUT2D eigenvalue weighted by Gasteiger charge is 2.37. The summed E-state index contributed by atoms with van der Waals surface area (Å²) in [6, 6.07) is 62.1. The number of nitrogens with zero attached hydrogens (tertiary/aromatic N) is 3. The molecule has 0 radical (unpaired) electrons. The molecule has 302 valence electrons. The Kier molecular flexibility index (Phi) is 9.35. The zero-order valence-corrected chi connectivity index (χ0v) is 35.4. The lowest BCUT2D eigenvalue weighted by Crippen LogP contribution is -2.21. The van der Waals surface area contributed by atoms with Gasteiger partial charge in [0.2, 0.25) is 0 Å². The quantitative estimate of drug-likeness (QED) is 0.160. The largest absolute Gasteiger partial charge is 0.454 e. The zero-order chi connectivity index (χ0) is 42.5. The second kappa shape index (κ2) is 15.5. The summed E-state index contributed by atoms with van der Waals surface area (Å²) in [5, 5.41) is 4.60. The van der Waals surface area contributed by atoms with E-state index in [0.29, 0.717) is 0 Å². The molecule has 0 bridgehead atoms. The number of anilines is 5. The molecule has 0 fully saturated rings. The lowest BCUT2D eigenvalue weighted by Gasteiger charge is -2.31. The average molecular weight is 812 g/mol. The molecule has 2 aliphatic carbocycles. The van der Waals surface area contributed by atoms with Crippen molar-refractivity contribution in [1.29, 1.82) is 0 Å². The first-order chi connectivity index (χ1) is 30.9. The van der Waals surface area contributed by atoms with Crippen molar-refractivity contribution in [2.75, 3.05) is 9.80 Å². The Morgan fingerprint density at radius 3 is 2.11 bits per heavy atom. The predicted molar refractivity (Wildman–Crippen MR) is 264 cm³/mol. The lowest BCUT2D eigenvalue weighted by atomic mass is 9.79. The molecule has 2 heterocycles. The van der Waals surface area contributed by atoms with E-state index >= 15 is 0 Å². The van der Waals surface area contributed by atoms with E-state index < -0.39 is 0 Å². The van der Waals surface area contributed by atoms with Crippen LogP contribution in [0.25, 0.3) is 49.5 Å². The summed E-state index contributed by atoms with van der Waals surface area (Å²) < 4.78 is 6.53. The van der Waals surface area contributed by atoms with E-state index in [4.69, 9.17) is 9.40 Å². The van der Waals surface area contributed by atoms with Crippen LogP contribution in [0, 0.1) is 0 Å². The molecular formula is C59H45N3O. The number of furan rings is 1. The van der Waals surface area contributed by atoms with Crippen molar-refractivity contribution < 1.29 is 4.42 Å². The number of fused-ring (bicyclic) bond motifs is 6. The van der Waals surface area contributed by atoms with E-state index in [0.717, 1.165) is 79.3 Å². The summed E-state index contributed by atoms with van der Waals surface area (Å²) in [6.07, 6.45) is 13.9. The highest BCUT2D eigenvalue weighted by molar-refractivity contribution is 6.10. The third-order valence-corrected chi connectivity index (χ3v) is 12.7. The maximum Gasteiger partial charge on any atom is 0.159 e. The number of benzene rings is 7. The molecule has 63 heavy (non-hydrogen) atoms. The van der Waals surface area contributed by atoms with E-state index in [1.54, 1.807) is 0 Å². The Balaban J connectivity index is 0.991. The number of rotatable bonds is 7. The Morgan fingerprint density at radius 1 is 0.603 bits per heavy atom. The topological polar surface area (TPSA) is 32.5 Å². The first-order valence-electron chi connectivity index (χ1n) is 21.6. The minimum atomic E-state index is -0.315. The van der Waals surface area contributed by atoms with Crippen molar-refractivity contribution >= 4 is 66.7 Å². The maximum absolute atomic E-state index is 6.53. The lowest BCUT2D eigenvalue weighted by molar-refractivity contribution is 0.653. The normalized spacial score (nSPS) is 15.5. The molecule has 9 aromatic rings. The average Bonchev–Trinajstić information content (AvgIpc) is 3.81. The van der Waals surface area contributed by atoms with Crippen LogP contribution in [0.1, 0.15) is 31.4 Å². The molecule has 0 saturated heterocycles. The van der Waals surface area contributed by atoms with Gasteiger partial charge in [0, 0.05) is 38.8 Å². The summed E-state index contributed by atoms with van der Waals surface area (Å²) in [4.78, 5) is 9.76. The molecule has 7 aromatic carbocycles. The summed E-state index contributed by atoms with van der Waals surface area (Å²) in [7, 11) is 0. The van der Waals surface area contributed by atoms with Crippen LogP contribution in [-0.4, -0.2) is 4.98 Å². The van der Waals surface area contributed by atoms with Crippen LogP contribution in [0.15, 0.2) is 240 Å². The van der Waals surface area contributed by atoms with Crippen molar-refractivity contribution in [3.63, 3.8) is 0 Å². The van der Waals surface area contributed by atoms with Crippen molar-refractivity contribution in [2.45, 2.75) is 25.7 Å². The van der Waals surface area contributed by atoms with Crippen LogP contribution in [0.5, 0.6) is 0 Å². The van der Waals surface area contributed by atoms with Crippen LogP contribution in [0.2, 0.25) is 0 Å². The van der Waals surface area contributed by atoms with Crippen LogP contribution in [0.4, 0.5) is 28.4 Å². The number of para-hydroxylation sites is 4. The van der Waals surface area contributed by atoms with Gasteiger partial charge in [0.15, 0.2) is 5.58 Å². The highest BCUT2D eigenvalue weighted by atomic mass is 16.3. The SMILES string of the molecule is C=C1/C=C\C=C/CC2=C(C=C1N(c1ccccc1)c1ccc3ccccc3c1)C(C)(C)c1cc(-c3ccc(N(c4ccccc4)c4cccc5c4oc4ccccc45)cn3)ccc12. The molecule has 2 aromatic heterocycles. The minimum absolute atomic E-state index is 0.315. The van der Waals surface area contributed by atoms with Gasteiger partial charge in [-0.1, -0.05) is 154 Å². The highest BCUT2D eigenvalue weighted by Crippen LogP contribution is 2.51. The summed E-state index contributed by atoms with van der Waals surface area (Å²) in [5.74, 6) is 0. The van der Waals surface area contributed by atoms with Crippen molar-refractivity contribution in [2.24, 2.45) is 0 Å². The van der Waals surface area contributed by atoms with Crippen LogP contribution in [0.3, 0.4) is 0 Å². The molecule has 2 aliphatic rings. The Morgan fingerprint density at radius 2 is 1.32 bits per heavy atom. The van der Waals surface area contributed by atoms with Gasteiger partial charge in [-0.15, -0.1) is 0 Å². The molecule has 0 atom stereocenters. The van der Waals surface area contributed by atoms with Crippen molar-refractivity contribution in [3.8, 4) is 11.3 Å². The number of pyridine rings is 1. The van der Waals surface area contributed by atoms with Gasteiger partial charge in [0.1, 0.15) is 5.58 Å². The van der Waals surface area contributed by atoms with Gasteiger partial charge in [-0.25, -0.2) is 0 Å².